The number of hydrogen-bond donors (Lipinski definition) is 0. The lowest BCUT2D eigenvalue weighted by molar-refractivity contribution is -0.127. The number of imidazole rings is 1. The van der Waals surface area contributed by atoms with E-state index in [1.54, 1.807) is 0 Å². The van der Waals surface area contributed by atoms with E-state index in [0.29, 0.717) is 13.0 Å². The van der Waals surface area contributed by atoms with Crippen LogP contribution in [-0.2, 0) is 11.3 Å². The lowest BCUT2D eigenvalue weighted by Crippen LogP contribution is -2.26. The molecule has 1 aliphatic rings. The molecule has 0 aliphatic carbocycles. The van der Waals surface area contributed by atoms with E-state index in [9.17, 15) is 4.79 Å². The molecule has 1 aromatic heterocycles. The summed E-state index contributed by atoms with van der Waals surface area (Å²) in [5.74, 6) is 1.36. The largest absolute Gasteiger partial charge is 0.342 e. The van der Waals surface area contributed by atoms with Gasteiger partial charge in [-0.15, -0.1) is 0 Å². The second-order valence-corrected chi connectivity index (χ2v) is 7.64. The van der Waals surface area contributed by atoms with Crippen molar-refractivity contribution < 1.29 is 4.79 Å². The zero-order valence-corrected chi connectivity index (χ0v) is 16.3. The summed E-state index contributed by atoms with van der Waals surface area (Å²) < 4.78 is 2.23. The summed E-state index contributed by atoms with van der Waals surface area (Å²) >= 11 is 6.41. The molecule has 1 amide bonds. The number of rotatable bonds is 6. The number of nitrogens with zero attached hydrogens (tertiary/aromatic N) is 3. The molecule has 1 unspecified atom stereocenters. The number of aromatic nitrogens is 2. The highest BCUT2D eigenvalue weighted by Crippen LogP contribution is 2.31. The number of amides is 1. The fourth-order valence-corrected chi connectivity index (χ4v) is 4.07. The maximum Gasteiger partial charge on any atom is 0.223 e. The van der Waals surface area contributed by atoms with Gasteiger partial charge in [-0.3, -0.25) is 4.79 Å². The number of hydrogen-bond acceptors (Lipinski definition) is 2. The van der Waals surface area contributed by atoms with Crippen LogP contribution in [0.3, 0.4) is 0 Å². The van der Waals surface area contributed by atoms with Gasteiger partial charge in [0, 0.05) is 30.5 Å². The second-order valence-electron chi connectivity index (χ2n) is 7.23. The Kier molecular flexibility index (Phi) is 5.17. The second kappa shape index (κ2) is 7.73. The van der Waals surface area contributed by atoms with Gasteiger partial charge >= 0.3 is 0 Å². The Morgan fingerprint density at radius 3 is 2.74 bits per heavy atom. The van der Waals surface area contributed by atoms with Crippen molar-refractivity contribution in [1.29, 1.82) is 0 Å². The zero-order valence-electron chi connectivity index (χ0n) is 15.6. The van der Waals surface area contributed by atoms with Crippen molar-refractivity contribution in [3.05, 3.63) is 64.9 Å². The first-order valence-corrected chi connectivity index (χ1v) is 10.0. The van der Waals surface area contributed by atoms with Crippen molar-refractivity contribution in [1.82, 2.24) is 14.5 Å². The van der Waals surface area contributed by atoms with Gasteiger partial charge in [-0.1, -0.05) is 55.3 Å². The molecule has 2 heterocycles. The van der Waals surface area contributed by atoms with Crippen LogP contribution in [0, 0.1) is 0 Å². The van der Waals surface area contributed by atoms with Gasteiger partial charge in [0.25, 0.3) is 0 Å². The highest BCUT2D eigenvalue weighted by Gasteiger charge is 2.33. The van der Waals surface area contributed by atoms with Crippen molar-refractivity contribution in [2.75, 3.05) is 13.1 Å². The number of carbonyl (C=O) groups is 1. The number of fused-ring (bicyclic) bond motifs is 1. The van der Waals surface area contributed by atoms with E-state index in [1.165, 1.54) is 0 Å². The number of carbonyl (C=O) groups excluding carboxylic acids is 1. The van der Waals surface area contributed by atoms with Crippen molar-refractivity contribution in [3.8, 4) is 0 Å². The first-order valence-electron chi connectivity index (χ1n) is 9.63. The summed E-state index contributed by atoms with van der Waals surface area (Å²) in [7, 11) is 0. The van der Waals surface area contributed by atoms with Crippen LogP contribution in [0.15, 0.2) is 48.5 Å². The number of likely N-dealkylation sites (tertiary alicyclic amines) is 1. The van der Waals surface area contributed by atoms with E-state index in [-0.39, 0.29) is 11.8 Å². The highest BCUT2D eigenvalue weighted by atomic mass is 35.5. The molecule has 2 aromatic carbocycles. The molecule has 0 saturated carbocycles. The van der Waals surface area contributed by atoms with Crippen LogP contribution >= 0.6 is 11.6 Å². The van der Waals surface area contributed by atoms with Crippen LogP contribution in [0.2, 0.25) is 5.02 Å². The van der Waals surface area contributed by atoms with Gasteiger partial charge in [-0.05, 0) is 30.2 Å². The monoisotopic (exact) mass is 381 g/mol. The fourth-order valence-electron chi connectivity index (χ4n) is 3.88. The van der Waals surface area contributed by atoms with Gasteiger partial charge in [0.15, 0.2) is 0 Å². The summed E-state index contributed by atoms with van der Waals surface area (Å²) in [6, 6.07) is 16.1. The molecule has 1 fully saturated rings. The van der Waals surface area contributed by atoms with E-state index in [0.717, 1.165) is 53.4 Å². The summed E-state index contributed by atoms with van der Waals surface area (Å²) in [5.41, 5.74) is 3.13. The standard InChI is InChI=1S/C22H24ClN3O/c1-2-3-12-25-14-17(13-21(25)27)22-24-19-10-6-7-11-20(19)26(22)15-16-8-4-5-9-18(16)23/h4-11,17H,2-3,12-15H2,1H3. The lowest BCUT2D eigenvalue weighted by atomic mass is 10.1. The summed E-state index contributed by atoms with van der Waals surface area (Å²) in [6.07, 6.45) is 2.68. The molecule has 3 aromatic rings. The highest BCUT2D eigenvalue weighted by molar-refractivity contribution is 6.31. The number of benzene rings is 2. The minimum atomic E-state index is 0.129. The van der Waals surface area contributed by atoms with Crippen LogP contribution in [0.4, 0.5) is 0 Å². The zero-order chi connectivity index (χ0) is 18.8. The topological polar surface area (TPSA) is 38.1 Å². The van der Waals surface area contributed by atoms with Crippen LogP contribution in [0.5, 0.6) is 0 Å². The van der Waals surface area contributed by atoms with E-state index in [1.807, 2.05) is 47.4 Å². The number of halogens is 1. The van der Waals surface area contributed by atoms with Crippen molar-refractivity contribution in [3.63, 3.8) is 0 Å². The molecule has 27 heavy (non-hydrogen) atoms. The Labute approximate surface area is 164 Å². The maximum atomic E-state index is 12.5. The first kappa shape index (κ1) is 18.1. The molecule has 5 heteroatoms. The molecular weight excluding hydrogens is 358 g/mol. The van der Waals surface area contributed by atoms with Gasteiger partial charge in [0.2, 0.25) is 5.91 Å². The quantitative estimate of drug-likeness (QED) is 0.611. The van der Waals surface area contributed by atoms with E-state index in [2.05, 4.69) is 17.6 Å². The average Bonchev–Trinajstić information content (AvgIpc) is 3.22. The molecule has 0 N–H and O–H groups in total. The third-order valence-corrected chi connectivity index (χ3v) is 5.70. The van der Waals surface area contributed by atoms with Crippen molar-refractivity contribution in [2.45, 2.75) is 38.6 Å². The number of unbranched alkanes of at least 4 members (excludes halogenated alkanes) is 1. The van der Waals surface area contributed by atoms with Gasteiger partial charge in [-0.2, -0.15) is 0 Å². The molecule has 140 valence electrons. The van der Waals surface area contributed by atoms with Crippen molar-refractivity contribution >= 4 is 28.5 Å². The minimum Gasteiger partial charge on any atom is -0.342 e. The Balaban J connectivity index is 1.71. The molecule has 0 bridgehead atoms. The third kappa shape index (κ3) is 3.59. The molecule has 4 nitrogen and oxygen atoms in total. The van der Waals surface area contributed by atoms with E-state index < -0.39 is 0 Å². The Hall–Kier alpha value is -2.33. The first-order chi connectivity index (χ1) is 13.2. The molecule has 4 rings (SSSR count). The minimum absolute atomic E-state index is 0.129. The Bertz CT molecular complexity index is 965. The SMILES string of the molecule is CCCCN1CC(c2nc3ccccc3n2Cc2ccccc2Cl)CC1=O. The van der Waals surface area contributed by atoms with Crippen molar-refractivity contribution in [2.24, 2.45) is 0 Å². The predicted molar refractivity (Wildman–Crippen MR) is 109 cm³/mol. The predicted octanol–water partition coefficient (Wildman–Crippen LogP) is 4.85. The van der Waals surface area contributed by atoms with Gasteiger partial charge < -0.3 is 9.47 Å². The Morgan fingerprint density at radius 2 is 1.93 bits per heavy atom. The molecule has 1 atom stereocenters. The summed E-state index contributed by atoms with van der Waals surface area (Å²) in [4.78, 5) is 19.4. The maximum absolute atomic E-state index is 12.5. The summed E-state index contributed by atoms with van der Waals surface area (Å²) in [5, 5.41) is 0.758. The van der Waals surface area contributed by atoms with Crippen LogP contribution in [0.1, 0.15) is 43.5 Å². The third-order valence-electron chi connectivity index (χ3n) is 5.33. The van der Waals surface area contributed by atoms with Crippen LogP contribution in [-0.4, -0.2) is 33.4 Å². The van der Waals surface area contributed by atoms with Gasteiger partial charge in [-0.25, -0.2) is 4.98 Å². The summed E-state index contributed by atoms with van der Waals surface area (Å²) in [6.45, 7) is 4.41. The van der Waals surface area contributed by atoms with Gasteiger partial charge in [0.05, 0.1) is 17.6 Å². The Morgan fingerprint density at radius 1 is 1.15 bits per heavy atom. The molecular formula is C22H24ClN3O. The van der Waals surface area contributed by atoms with E-state index >= 15 is 0 Å². The van der Waals surface area contributed by atoms with Crippen LogP contribution < -0.4 is 0 Å². The fraction of sp³-hybridized carbons (Fsp3) is 0.364. The molecule has 1 aliphatic heterocycles. The van der Waals surface area contributed by atoms with E-state index in [4.69, 9.17) is 16.6 Å². The lowest BCUT2D eigenvalue weighted by Gasteiger charge is -2.17. The van der Waals surface area contributed by atoms with Crippen LogP contribution in [0.25, 0.3) is 11.0 Å². The molecule has 0 radical (unpaired) electrons. The number of para-hydroxylation sites is 2. The average molecular weight is 382 g/mol. The normalized spacial score (nSPS) is 17.2. The smallest absolute Gasteiger partial charge is 0.223 e. The molecule has 0 spiro atoms. The molecule has 1 saturated heterocycles. The van der Waals surface area contributed by atoms with Gasteiger partial charge in [0.1, 0.15) is 5.82 Å².